The van der Waals surface area contributed by atoms with Crippen molar-refractivity contribution in [1.29, 1.82) is 0 Å². The first-order valence-electron chi connectivity index (χ1n) is 11.7. The molecule has 2 aliphatic rings. The van der Waals surface area contributed by atoms with Crippen LogP contribution in [0.2, 0.25) is 0 Å². The number of hydrogen-bond acceptors (Lipinski definition) is 5. The summed E-state index contributed by atoms with van der Waals surface area (Å²) in [5.74, 6) is 0. The second-order valence-corrected chi connectivity index (χ2v) is 9.07. The Morgan fingerprint density at radius 3 is 2.69 bits per heavy atom. The number of ether oxygens (including phenoxy) is 1. The predicted molar refractivity (Wildman–Crippen MR) is 130 cm³/mol. The van der Waals surface area contributed by atoms with Crippen LogP contribution in [-0.2, 0) is 11.3 Å². The molecule has 32 heavy (non-hydrogen) atoms. The Kier molecular flexibility index (Phi) is 7.78. The van der Waals surface area contributed by atoms with Crippen LogP contribution in [0.1, 0.15) is 47.6 Å². The highest BCUT2D eigenvalue weighted by molar-refractivity contribution is 7.80. The largest absolute Gasteiger partial charge is 0.396 e. The third kappa shape index (κ3) is 4.98. The van der Waals surface area contributed by atoms with Gasteiger partial charge in [0.05, 0.1) is 31.0 Å². The van der Waals surface area contributed by atoms with Crippen LogP contribution in [0.5, 0.6) is 0 Å². The van der Waals surface area contributed by atoms with E-state index in [9.17, 15) is 5.11 Å². The molecule has 0 aliphatic carbocycles. The molecule has 4 rings (SSSR count). The van der Waals surface area contributed by atoms with Crippen LogP contribution in [0, 0.1) is 13.8 Å². The molecule has 0 unspecified atom stereocenters. The van der Waals surface area contributed by atoms with E-state index in [0.29, 0.717) is 6.42 Å². The predicted octanol–water partition coefficient (Wildman–Crippen LogP) is 2.58. The molecule has 2 aromatic rings. The third-order valence-corrected chi connectivity index (χ3v) is 7.00. The molecule has 0 aromatic carbocycles. The molecule has 2 atom stereocenters. The van der Waals surface area contributed by atoms with Crippen molar-refractivity contribution in [2.24, 2.45) is 0 Å². The average molecular weight is 458 g/mol. The Hall–Kier alpha value is -2.00. The van der Waals surface area contributed by atoms with Gasteiger partial charge in [0.25, 0.3) is 0 Å². The quantitative estimate of drug-likeness (QED) is 0.561. The molecular weight excluding hydrogens is 422 g/mol. The van der Waals surface area contributed by atoms with Crippen molar-refractivity contribution >= 4 is 17.3 Å². The fraction of sp³-hybridized carbons (Fsp3) is 0.583. The van der Waals surface area contributed by atoms with Crippen molar-refractivity contribution in [3.05, 3.63) is 53.1 Å². The summed E-state index contributed by atoms with van der Waals surface area (Å²) >= 11 is 5.72. The molecule has 0 radical (unpaired) electrons. The number of morpholine rings is 1. The van der Waals surface area contributed by atoms with E-state index in [0.717, 1.165) is 63.2 Å². The molecule has 0 amide bonds. The summed E-state index contributed by atoms with van der Waals surface area (Å²) in [6.45, 7) is 11.2. The number of nitrogens with one attached hydrogen (secondary N) is 1. The molecule has 8 heteroatoms. The Labute approximate surface area is 196 Å². The maximum absolute atomic E-state index is 9.44. The number of aliphatic hydroxyl groups is 1. The highest BCUT2D eigenvalue weighted by Gasteiger charge is 2.40. The van der Waals surface area contributed by atoms with Gasteiger partial charge >= 0.3 is 0 Å². The number of aryl methyl sites for hydroxylation is 1. The maximum atomic E-state index is 9.44. The summed E-state index contributed by atoms with van der Waals surface area (Å²) in [6, 6.07) is 8.38. The standard InChI is InChI=1S/C24H35N5O2S/c1-18-17-20(19(2)28(18)10-5-9-27-12-15-31-16-13-27)23-22(21-7-3-4-8-25-21)26-24(32)29(23)11-6-14-30/h3-4,7-8,17,22-23,30H,5-6,9-16H2,1-2H3,(H,26,32)/t22-,23-/m0/s1. The molecule has 2 aromatic heterocycles. The number of pyridine rings is 1. The average Bonchev–Trinajstić information content (AvgIpc) is 3.29. The molecular formula is C24H35N5O2S. The minimum Gasteiger partial charge on any atom is -0.396 e. The van der Waals surface area contributed by atoms with Crippen LogP contribution in [0.4, 0.5) is 0 Å². The van der Waals surface area contributed by atoms with E-state index < -0.39 is 0 Å². The second kappa shape index (κ2) is 10.7. The van der Waals surface area contributed by atoms with E-state index >= 15 is 0 Å². The molecule has 2 N–H and O–H groups in total. The zero-order valence-electron chi connectivity index (χ0n) is 19.2. The van der Waals surface area contributed by atoms with Crippen molar-refractivity contribution in [1.82, 2.24) is 24.7 Å². The fourth-order valence-corrected chi connectivity index (χ4v) is 5.31. The molecule has 174 valence electrons. The molecule has 2 aliphatic heterocycles. The first-order valence-corrected chi connectivity index (χ1v) is 12.1. The van der Waals surface area contributed by atoms with Gasteiger partial charge in [0, 0.05) is 56.9 Å². The van der Waals surface area contributed by atoms with Gasteiger partial charge in [-0.25, -0.2) is 0 Å². The normalized spacial score (nSPS) is 21.8. The third-order valence-electron chi connectivity index (χ3n) is 6.65. The van der Waals surface area contributed by atoms with Crippen LogP contribution in [0.15, 0.2) is 30.5 Å². The zero-order chi connectivity index (χ0) is 22.5. The van der Waals surface area contributed by atoms with Crippen LogP contribution in [0.3, 0.4) is 0 Å². The Bertz CT molecular complexity index is 897. The van der Waals surface area contributed by atoms with Crippen molar-refractivity contribution in [2.45, 2.75) is 45.3 Å². The summed E-state index contributed by atoms with van der Waals surface area (Å²) < 4.78 is 7.91. The lowest BCUT2D eigenvalue weighted by molar-refractivity contribution is 0.0369. The molecule has 7 nitrogen and oxygen atoms in total. The van der Waals surface area contributed by atoms with Crippen LogP contribution in [0.25, 0.3) is 0 Å². The number of aromatic nitrogens is 2. The highest BCUT2D eigenvalue weighted by Crippen LogP contribution is 2.40. The molecule has 0 spiro atoms. The van der Waals surface area contributed by atoms with Crippen molar-refractivity contribution in [3.63, 3.8) is 0 Å². The van der Waals surface area contributed by atoms with Gasteiger partial charge in [-0.2, -0.15) is 0 Å². The van der Waals surface area contributed by atoms with E-state index in [1.165, 1.54) is 17.0 Å². The van der Waals surface area contributed by atoms with Crippen molar-refractivity contribution in [3.8, 4) is 0 Å². The first kappa shape index (κ1) is 23.2. The van der Waals surface area contributed by atoms with Gasteiger partial charge in [-0.15, -0.1) is 0 Å². The van der Waals surface area contributed by atoms with E-state index in [2.05, 4.69) is 50.6 Å². The van der Waals surface area contributed by atoms with Gasteiger partial charge in [-0.05, 0) is 62.7 Å². The summed E-state index contributed by atoms with van der Waals surface area (Å²) in [6.07, 6.45) is 3.64. The lowest BCUT2D eigenvalue weighted by atomic mass is 9.96. The molecule has 2 fully saturated rings. The van der Waals surface area contributed by atoms with E-state index in [1.807, 2.05) is 18.3 Å². The SMILES string of the molecule is Cc1cc([C@H]2[C@H](c3ccccn3)NC(=S)N2CCCO)c(C)n1CCCN1CCOCC1. The van der Waals surface area contributed by atoms with Crippen molar-refractivity contribution in [2.75, 3.05) is 46.0 Å². The van der Waals surface area contributed by atoms with E-state index in [-0.39, 0.29) is 18.7 Å². The Balaban J connectivity index is 1.56. The van der Waals surface area contributed by atoms with Crippen LogP contribution < -0.4 is 5.32 Å². The van der Waals surface area contributed by atoms with Gasteiger partial charge in [-0.1, -0.05) is 6.07 Å². The molecule has 0 bridgehead atoms. The minimum atomic E-state index is -0.00954. The summed E-state index contributed by atoms with van der Waals surface area (Å²) in [4.78, 5) is 9.34. The Morgan fingerprint density at radius 2 is 1.97 bits per heavy atom. The number of rotatable bonds is 9. The number of thiocarbonyl (C=S) groups is 1. The lowest BCUT2D eigenvalue weighted by Crippen LogP contribution is -2.37. The number of aliphatic hydroxyl groups excluding tert-OH is 1. The van der Waals surface area contributed by atoms with Gasteiger partial charge in [0.15, 0.2) is 5.11 Å². The molecule has 4 heterocycles. The number of nitrogens with zero attached hydrogens (tertiary/aromatic N) is 4. The maximum Gasteiger partial charge on any atom is 0.170 e. The summed E-state index contributed by atoms with van der Waals surface area (Å²) in [5, 5.41) is 13.7. The zero-order valence-corrected chi connectivity index (χ0v) is 20.0. The minimum absolute atomic E-state index is 0.00954. The van der Waals surface area contributed by atoms with E-state index in [4.69, 9.17) is 17.0 Å². The smallest absolute Gasteiger partial charge is 0.170 e. The van der Waals surface area contributed by atoms with Gasteiger partial charge in [-0.3, -0.25) is 9.88 Å². The van der Waals surface area contributed by atoms with Crippen molar-refractivity contribution < 1.29 is 9.84 Å². The summed E-state index contributed by atoms with van der Waals surface area (Å²) in [5.41, 5.74) is 4.84. The fourth-order valence-electron chi connectivity index (χ4n) is 4.97. The van der Waals surface area contributed by atoms with Gasteiger partial charge in [0.2, 0.25) is 0 Å². The first-order chi connectivity index (χ1) is 15.6. The molecule has 0 saturated carbocycles. The van der Waals surface area contributed by atoms with E-state index in [1.54, 1.807) is 0 Å². The van der Waals surface area contributed by atoms with Crippen LogP contribution in [-0.4, -0.2) is 75.6 Å². The highest BCUT2D eigenvalue weighted by atomic mass is 32.1. The Morgan fingerprint density at radius 1 is 1.16 bits per heavy atom. The van der Waals surface area contributed by atoms with Gasteiger partial charge in [0.1, 0.15) is 0 Å². The molecule has 2 saturated heterocycles. The summed E-state index contributed by atoms with van der Waals surface area (Å²) in [7, 11) is 0. The number of hydrogen-bond donors (Lipinski definition) is 2. The second-order valence-electron chi connectivity index (χ2n) is 8.68. The topological polar surface area (TPSA) is 65.8 Å². The lowest BCUT2D eigenvalue weighted by Gasteiger charge is -2.28. The van der Waals surface area contributed by atoms with Gasteiger partial charge < -0.3 is 24.6 Å². The monoisotopic (exact) mass is 457 g/mol. The van der Waals surface area contributed by atoms with Crippen LogP contribution >= 0.6 is 12.2 Å².